The Morgan fingerprint density at radius 1 is 0.824 bits per heavy atom. The third-order valence-electron chi connectivity index (χ3n) is 12.6. The summed E-state index contributed by atoms with van der Waals surface area (Å²) in [7, 11) is -16.9. The quantitative estimate of drug-likeness (QED) is 0.0350. The standard InChI is InChI=1S/C48H58N4O12S4/c1-8-10-26-49-44(53)21-15-28-50(7)66(57,58)40-18-14-17-36-34(40)22-24-38-45(36)47(3,4)43(52(38)29-16-30-65(54,55)56)20-13-11-12-19-42-48(5,6)46-37-31-33(67(59,60)61)32-41(68(62,63)64)35(37)23-25-39(46)51(42)27-9-2/h2,11-14,17-20,22-25,31-32H,8-10,15-16,21,26-30H2,1,3-7H3,(H3-,49,53,54,55,56,59,60,61,62,63,64). The molecule has 0 spiro atoms. The van der Waals surface area contributed by atoms with Crippen LogP contribution in [0.2, 0.25) is 0 Å². The third-order valence-corrected chi connectivity index (χ3v) is 17.0. The molecule has 20 heteroatoms. The van der Waals surface area contributed by atoms with Crippen molar-refractivity contribution in [3.63, 3.8) is 0 Å². The highest BCUT2D eigenvalue weighted by atomic mass is 32.2. The first-order valence-corrected chi connectivity index (χ1v) is 28.0. The lowest BCUT2D eigenvalue weighted by molar-refractivity contribution is -0.436. The van der Waals surface area contributed by atoms with Gasteiger partial charge in [0, 0.05) is 90.6 Å². The zero-order valence-electron chi connectivity index (χ0n) is 38.9. The number of nitrogens with zero attached hydrogens (tertiary/aromatic N) is 3. The molecule has 2 radical (unpaired) electrons. The second-order valence-corrected chi connectivity index (χ2v) is 24.4. The Kier molecular flexibility index (Phi) is 15.4. The molecule has 16 nitrogen and oxygen atoms in total. The Morgan fingerprint density at radius 2 is 1.51 bits per heavy atom. The molecule has 0 unspecified atom stereocenters. The predicted octanol–water partition coefficient (Wildman–Crippen LogP) is 7.01. The van der Waals surface area contributed by atoms with E-state index in [4.69, 9.17) is 6.92 Å². The fourth-order valence-electron chi connectivity index (χ4n) is 9.43. The van der Waals surface area contributed by atoms with Gasteiger partial charge in [0.05, 0.1) is 25.3 Å². The van der Waals surface area contributed by atoms with Crippen LogP contribution in [0, 0.1) is 6.92 Å². The van der Waals surface area contributed by atoms with E-state index in [0.717, 1.165) is 35.5 Å². The molecule has 2 aliphatic rings. The molecule has 0 saturated carbocycles. The molecule has 6 rings (SSSR count). The van der Waals surface area contributed by atoms with E-state index < -0.39 is 66.8 Å². The molecule has 0 bridgehead atoms. The van der Waals surface area contributed by atoms with Gasteiger partial charge in [-0.25, -0.2) is 21.1 Å². The number of hydrogen-bond acceptors (Lipinski definition) is 11. The summed E-state index contributed by atoms with van der Waals surface area (Å²) in [4.78, 5) is 12.9. The number of anilines is 1. The molecule has 68 heavy (non-hydrogen) atoms. The molecule has 0 atom stereocenters. The maximum absolute atomic E-state index is 14.1. The van der Waals surface area contributed by atoms with E-state index in [1.807, 2.05) is 62.3 Å². The van der Waals surface area contributed by atoms with Crippen molar-refractivity contribution >= 4 is 84.9 Å². The summed E-state index contributed by atoms with van der Waals surface area (Å²) in [5, 5.41) is 4.26. The summed E-state index contributed by atoms with van der Waals surface area (Å²) in [6, 6.07) is 13.6. The average Bonchev–Trinajstić information content (AvgIpc) is 3.59. The smallest absolute Gasteiger partial charge is 0.295 e. The largest absolute Gasteiger partial charge is 0.748 e. The summed E-state index contributed by atoms with van der Waals surface area (Å²) in [5.74, 6) is -0.722. The molecule has 0 aliphatic carbocycles. The summed E-state index contributed by atoms with van der Waals surface area (Å²) in [6.07, 6.45) is 11.6. The minimum Gasteiger partial charge on any atom is -0.748 e. The van der Waals surface area contributed by atoms with Crippen LogP contribution in [0.4, 0.5) is 11.4 Å². The van der Waals surface area contributed by atoms with Gasteiger partial charge in [0.25, 0.3) is 20.2 Å². The minimum absolute atomic E-state index is 0.0211. The van der Waals surface area contributed by atoms with Gasteiger partial charge in [0.15, 0.2) is 5.71 Å². The Balaban J connectivity index is 1.36. The molecule has 2 heterocycles. The fraction of sp³-hybridized carbons (Fsp3) is 0.396. The number of fused-ring (bicyclic) bond motifs is 6. The average molecular weight is 1010 g/mol. The Bertz CT molecular complexity index is 3250. The summed E-state index contributed by atoms with van der Waals surface area (Å²) < 4.78 is 136. The Morgan fingerprint density at radius 3 is 2.16 bits per heavy atom. The first kappa shape index (κ1) is 52.6. The number of sulfonamides is 1. The van der Waals surface area contributed by atoms with Gasteiger partial charge in [-0.05, 0) is 92.8 Å². The maximum atomic E-state index is 14.1. The lowest BCUT2D eigenvalue weighted by atomic mass is 9.79. The lowest BCUT2D eigenvalue weighted by Crippen LogP contribution is -2.30. The van der Waals surface area contributed by atoms with Crippen LogP contribution in [0.25, 0.3) is 21.5 Å². The number of benzene rings is 4. The highest BCUT2D eigenvalue weighted by Gasteiger charge is 2.46. The van der Waals surface area contributed by atoms with E-state index in [-0.39, 0.29) is 53.9 Å². The van der Waals surface area contributed by atoms with Gasteiger partial charge >= 0.3 is 0 Å². The number of carbonyl (C=O) groups is 1. The Hall–Kier alpha value is -4.80. The number of hydrogen-bond donors (Lipinski definition) is 3. The van der Waals surface area contributed by atoms with Crippen LogP contribution in [0.3, 0.4) is 0 Å². The minimum atomic E-state index is -4.93. The molecule has 2 aliphatic heterocycles. The highest BCUT2D eigenvalue weighted by molar-refractivity contribution is 7.89. The molecule has 3 N–H and O–H groups in total. The zero-order valence-corrected chi connectivity index (χ0v) is 42.2. The maximum Gasteiger partial charge on any atom is 0.295 e. The van der Waals surface area contributed by atoms with Crippen LogP contribution in [0.15, 0.2) is 105 Å². The molecular formula is C48H58N4O12S4. The first-order valence-electron chi connectivity index (χ1n) is 22.1. The van der Waals surface area contributed by atoms with E-state index in [0.29, 0.717) is 47.6 Å². The van der Waals surface area contributed by atoms with E-state index in [1.54, 1.807) is 48.6 Å². The van der Waals surface area contributed by atoms with E-state index in [2.05, 4.69) is 5.32 Å². The van der Waals surface area contributed by atoms with E-state index in [9.17, 15) is 52.1 Å². The molecule has 1 amide bonds. The summed E-state index contributed by atoms with van der Waals surface area (Å²) >= 11 is 0. The normalized spacial score (nSPS) is 16.9. The summed E-state index contributed by atoms with van der Waals surface area (Å²) in [5.41, 5.74) is 2.48. The molecule has 4 aromatic rings. The number of unbranched alkanes of at least 4 members (excludes halogenated alkanes) is 1. The number of rotatable bonds is 20. The van der Waals surface area contributed by atoms with Crippen LogP contribution in [-0.2, 0) is 56.0 Å². The molecule has 0 saturated heterocycles. The Labute approximate surface area is 400 Å². The number of allylic oxidation sites excluding steroid dienone is 6. The zero-order chi connectivity index (χ0) is 50.2. The first-order chi connectivity index (χ1) is 31.7. The van der Waals surface area contributed by atoms with Crippen molar-refractivity contribution in [2.24, 2.45) is 0 Å². The van der Waals surface area contributed by atoms with Crippen LogP contribution < -0.4 is 10.2 Å². The topological polar surface area (TPSA) is 239 Å². The molecule has 0 aromatic heterocycles. The van der Waals surface area contributed by atoms with Crippen molar-refractivity contribution in [3.05, 3.63) is 109 Å². The lowest BCUT2D eigenvalue weighted by Gasteiger charge is -2.27. The van der Waals surface area contributed by atoms with Crippen molar-refractivity contribution in [1.29, 1.82) is 0 Å². The highest BCUT2D eigenvalue weighted by Crippen LogP contribution is 2.52. The van der Waals surface area contributed by atoms with Gasteiger partial charge in [0.1, 0.15) is 11.4 Å². The van der Waals surface area contributed by atoms with E-state index >= 15 is 0 Å². The van der Waals surface area contributed by atoms with Crippen molar-refractivity contribution in [2.75, 3.05) is 43.9 Å². The van der Waals surface area contributed by atoms with Gasteiger partial charge in [-0.15, -0.1) is 0 Å². The summed E-state index contributed by atoms with van der Waals surface area (Å²) in [6.45, 7) is 17.0. The third kappa shape index (κ3) is 10.7. The van der Waals surface area contributed by atoms with Gasteiger partial charge in [-0.1, -0.05) is 63.6 Å². The van der Waals surface area contributed by atoms with Crippen molar-refractivity contribution in [3.8, 4) is 0 Å². The van der Waals surface area contributed by atoms with Crippen molar-refractivity contribution < 1.29 is 56.7 Å². The van der Waals surface area contributed by atoms with Crippen LogP contribution in [0.1, 0.15) is 84.3 Å². The van der Waals surface area contributed by atoms with Gasteiger partial charge in [-0.2, -0.15) is 21.4 Å². The SMILES string of the molecule is [CH]CC[N+]1=C(/C=C/C=C/C=C2/N(CCCS(=O)(=O)[O-])c3ccc4c(S(=O)(=O)N(C)CCCC(=O)NCCCC)cccc4c3C2(C)C)C(C)(C)c2c1ccc1c(S(=O)(=O)O)cc(S(=O)(=O)O)cc21. The van der Waals surface area contributed by atoms with Crippen LogP contribution in [-0.4, -0.2) is 107 Å². The van der Waals surface area contributed by atoms with Crippen LogP contribution >= 0.6 is 0 Å². The van der Waals surface area contributed by atoms with Gasteiger partial charge in [-0.3, -0.25) is 13.9 Å². The number of amides is 1. The second kappa shape index (κ2) is 19.9. The number of carbonyl (C=O) groups excluding carboxylic acids is 1. The predicted molar refractivity (Wildman–Crippen MR) is 262 cm³/mol. The monoisotopic (exact) mass is 1010 g/mol. The number of nitrogens with one attached hydrogen (secondary N) is 1. The van der Waals surface area contributed by atoms with Gasteiger partial charge < -0.3 is 14.8 Å². The fourth-order valence-corrected chi connectivity index (χ4v) is 12.7. The second-order valence-electron chi connectivity index (χ2n) is 18.0. The van der Waals surface area contributed by atoms with Crippen LogP contribution in [0.5, 0.6) is 0 Å². The van der Waals surface area contributed by atoms with Crippen molar-refractivity contribution in [1.82, 2.24) is 9.62 Å². The molecular weight excluding hydrogens is 953 g/mol. The molecule has 4 aromatic carbocycles. The van der Waals surface area contributed by atoms with Crippen molar-refractivity contribution in [2.45, 2.75) is 98.7 Å². The van der Waals surface area contributed by atoms with E-state index in [1.165, 1.54) is 23.5 Å². The molecule has 366 valence electrons. The molecule has 0 fully saturated rings. The van der Waals surface area contributed by atoms with Gasteiger partial charge in [0.2, 0.25) is 21.6 Å².